The first-order valence-corrected chi connectivity index (χ1v) is 4.84. The van der Waals surface area contributed by atoms with E-state index in [2.05, 4.69) is 10.2 Å². The van der Waals surface area contributed by atoms with Crippen molar-refractivity contribution >= 4 is 11.6 Å². The highest BCUT2D eigenvalue weighted by Crippen LogP contribution is 2.23. The number of hydrogen-bond donors (Lipinski definition) is 0. The standard InChI is InChI=1S/C10H8ClFN2O/c1-6(11)9-13-14-10(15-9)7-2-4-8(12)5-3-7/h2-6H,1H3. The van der Waals surface area contributed by atoms with Gasteiger partial charge in [-0.3, -0.25) is 0 Å². The van der Waals surface area contributed by atoms with Crippen molar-refractivity contribution in [2.24, 2.45) is 0 Å². The molecule has 0 saturated carbocycles. The van der Waals surface area contributed by atoms with E-state index >= 15 is 0 Å². The van der Waals surface area contributed by atoms with Crippen LogP contribution < -0.4 is 0 Å². The molecular formula is C10H8ClFN2O. The monoisotopic (exact) mass is 226 g/mol. The topological polar surface area (TPSA) is 38.9 Å². The maximum atomic E-state index is 12.6. The van der Waals surface area contributed by atoms with Crippen molar-refractivity contribution in [3.05, 3.63) is 36.0 Å². The van der Waals surface area contributed by atoms with E-state index in [4.69, 9.17) is 16.0 Å². The summed E-state index contributed by atoms with van der Waals surface area (Å²) in [5.74, 6) is 0.401. The molecule has 0 N–H and O–H groups in total. The zero-order valence-electron chi connectivity index (χ0n) is 7.95. The third kappa shape index (κ3) is 2.15. The molecule has 0 bridgehead atoms. The van der Waals surface area contributed by atoms with Crippen LogP contribution in [0.25, 0.3) is 11.5 Å². The molecule has 2 rings (SSSR count). The maximum Gasteiger partial charge on any atom is 0.247 e. The Labute approximate surface area is 90.9 Å². The molecule has 1 atom stereocenters. The lowest BCUT2D eigenvalue weighted by Crippen LogP contribution is -1.81. The number of nitrogens with zero attached hydrogens (tertiary/aromatic N) is 2. The smallest absolute Gasteiger partial charge is 0.247 e. The molecule has 1 aromatic heterocycles. The van der Waals surface area contributed by atoms with Crippen molar-refractivity contribution in [1.82, 2.24) is 10.2 Å². The first-order chi connectivity index (χ1) is 7.16. The lowest BCUT2D eigenvalue weighted by molar-refractivity contribution is 0.507. The minimum atomic E-state index is -0.327. The zero-order valence-corrected chi connectivity index (χ0v) is 8.70. The van der Waals surface area contributed by atoms with Crippen molar-refractivity contribution in [1.29, 1.82) is 0 Å². The average molecular weight is 227 g/mol. The molecule has 0 saturated heterocycles. The van der Waals surface area contributed by atoms with Gasteiger partial charge in [-0.1, -0.05) is 0 Å². The lowest BCUT2D eigenvalue weighted by atomic mass is 10.2. The first kappa shape index (κ1) is 10.1. The van der Waals surface area contributed by atoms with Gasteiger partial charge in [-0.15, -0.1) is 21.8 Å². The summed E-state index contributed by atoms with van der Waals surface area (Å²) in [4.78, 5) is 0. The van der Waals surface area contributed by atoms with E-state index in [-0.39, 0.29) is 11.2 Å². The Balaban J connectivity index is 2.33. The van der Waals surface area contributed by atoms with Crippen LogP contribution in [0.15, 0.2) is 28.7 Å². The Morgan fingerprint density at radius 2 is 1.93 bits per heavy atom. The highest BCUT2D eigenvalue weighted by atomic mass is 35.5. The molecule has 15 heavy (non-hydrogen) atoms. The predicted octanol–water partition coefficient (Wildman–Crippen LogP) is 3.18. The normalized spacial score (nSPS) is 12.7. The van der Waals surface area contributed by atoms with Gasteiger partial charge in [0.25, 0.3) is 0 Å². The van der Waals surface area contributed by atoms with Gasteiger partial charge in [-0.25, -0.2) is 4.39 Å². The van der Waals surface area contributed by atoms with Crippen LogP contribution in [0.5, 0.6) is 0 Å². The summed E-state index contributed by atoms with van der Waals surface area (Å²) in [5.41, 5.74) is 0.674. The Morgan fingerprint density at radius 3 is 2.47 bits per heavy atom. The molecule has 1 heterocycles. The van der Waals surface area contributed by atoms with E-state index in [0.717, 1.165) is 0 Å². The number of alkyl halides is 1. The van der Waals surface area contributed by atoms with E-state index in [1.54, 1.807) is 19.1 Å². The van der Waals surface area contributed by atoms with Gasteiger partial charge in [0, 0.05) is 5.56 Å². The van der Waals surface area contributed by atoms with Crippen LogP contribution in [-0.2, 0) is 0 Å². The molecular weight excluding hydrogens is 219 g/mol. The molecule has 0 spiro atoms. The van der Waals surface area contributed by atoms with Gasteiger partial charge in [-0.05, 0) is 31.2 Å². The second-order valence-corrected chi connectivity index (χ2v) is 3.72. The molecule has 0 radical (unpaired) electrons. The fraction of sp³-hybridized carbons (Fsp3) is 0.200. The Kier molecular flexibility index (Phi) is 2.68. The van der Waals surface area contributed by atoms with E-state index < -0.39 is 0 Å². The molecule has 1 unspecified atom stereocenters. The summed E-state index contributed by atoms with van der Waals surface area (Å²) < 4.78 is 17.9. The summed E-state index contributed by atoms with van der Waals surface area (Å²) in [5, 5.41) is 7.26. The van der Waals surface area contributed by atoms with Crippen LogP contribution in [0.4, 0.5) is 4.39 Å². The van der Waals surface area contributed by atoms with Gasteiger partial charge in [0.15, 0.2) is 0 Å². The van der Waals surface area contributed by atoms with Crippen LogP contribution in [0.3, 0.4) is 0 Å². The molecule has 0 aliphatic carbocycles. The lowest BCUT2D eigenvalue weighted by Gasteiger charge is -1.94. The van der Waals surface area contributed by atoms with E-state index in [0.29, 0.717) is 17.3 Å². The highest BCUT2D eigenvalue weighted by molar-refractivity contribution is 6.20. The van der Waals surface area contributed by atoms with Crippen molar-refractivity contribution in [3.8, 4) is 11.5 Å². The minimum absolute atomic E-state index is 0.302. The first-order valence-electron chi connectivity index (χ1n) is 4.40. The fourth-order valence-electron chi connectivity index (χ4n) is 1.10. The van der Waals surface area contributed by atoms with Gasteiger partial charge in [0.05, 0.1) is 0 Å². The molecule has 2 aromatic rings. The van der Waals surface area contributed by atoms with Crippen LogP contribution in [-0.4, -0.2) is 10.2 Å². The third-order valence-corrected chi connectivity index (χ3v) is 2.06. The van der Waals surface area contributed by atoms with Crippen molar-refractivity contribution in [3.63, 3.8) is 0 Å². The van der Waals surface area contributed by atoms with Gasteiger partial charge in [0.1, 0.15) is 11.2 Å². The highest BCUT2D eigenvalue weighted by Gasteiger charge is 2.12. The number of halogens is 2. The van der Waals surface area contributed by atoms with Crippen LogP contribution >= 0.6 is 11.6 Å². The van der Waals surface area contributed by atoms with E-state index in [1.165, 1.54) is 12.1 Å². The summed E-state index contributed by atoms with van der Waals surface area (Å²) in [6.07, 6.45) is 0. The van der Waals surface area contributed by atoms with Crippen LogP contribution in [0.2, 0.25) is 0 Å². The van der Waals surface area contributed by atoms with Gasteiger partial charge >= 0.3 is 0 Å². The fourth-order valence-corrected chi connectivity index (χ4v) is 1.19. The SMILES string of the molecule is CC(Cl)c1nnc(-c2ccc(F)cc2)o1. The van der Waals surface area contributed by atoms with Crippen molar-refractivity contribution < 1.29 is 8.81 Å². The summed E-state index contributed by atoms with van der Waals surface area (Å²) in [6, 6.07) is 5.82. The van der Waals surface area contributed by atoms with Crippen LogP contribution in [0.1, 0.15) is 18.2 Å². The van der Waals surface area contributed by atoms with Gasteiger partial charge < -0.3 is 4.42 Å². The predicted molar refractivity (Wildman–Crippen MR) is 54.0 cm³/mol. The molecule has 0 amide bonds. The Bertz CT molecular complexity index is 453. The molecule has 3 nitrogen and oxygen atoms in total. The third-order valence-electron chi connectivity index (χ3n) is 1.87. The number of hydrogen-bond acceptors (Lipinski definition) is 3. The van der Waals surface area contributed by atoms with Crippen molar-refractivity contribution in [2.45, 2.75) is 12.3 Å². The maximum absolute atomic E-state index is 12.6. The van der Waals surface area contributed by atoms with Crippen molar-refractivity contribution in [2.75, 3.05) is 0 Å². The summed E-state index contributed by atoms with van der Waals surface area (Å²) in [6.45, 7) is 1.74. The Morgan fingerprint density at radius 1 is 1.27 bits per heavy atom. The second kappa shape index (κ2) is 3.98. The second-order valence-electron chi connectivity index (χ2n) is 3.07. The number of aromatic nitrogens is 2. The zero-order chi connectivity index (χ0) is 10.8. The number of rotatable bonds is 2. The Hall–Kier alpha value is -1.42. The minimum Gasteiger partial charge on any atom is -0.419 e. The molecule has 5 heteroatoms. The summed E-state index contributed by atoms with van der Waals surface area (Å²) >= 11 is 5.77. The number of benzene rings is 1. The van der Waals surface area contributed by atoms with Gasteiger partial charge in [0.2, 0.25) is 11.8 Å². The molecule has 78 valence electrons. The largest absolute Gasteiger partial charge is 0.419 e. The van der Waals surface area contributed by atoms with Crippen LogP contribution in [0, 0.1) is 5.82 Å². The van der Waals surface area contributed by atoms with E-state index in [9.17, 15) is 4.39 Å². The molecule has 1 aromatic carbocycles. The molecule has 0 fully saturated rings. The average Bonchev–Trinajstić information content (AvgIpc) is 2.68. The quantitative estimate of drug-likeness (QED) is 0.739. The van der Waals surface area contributed by atoms with Gasteiger partial charge in [-0.2, -0.15) is 0 Å². The summed E-state index contributed by atoms with van der Waals surface area (Å²) in [7, 11) is 0. The molecule has 0 aliphatic heterocycles. The molecule has 0 aliphatic rings. The van der Waals surface area contributed by atoms with E-state index in [1.807, 2.05) is 0 Å².